The van der Waals surface area contributed by atoms with Crippen LogP contribution in [0, 0.1) is 6.92 Å². The fraction of sp³-hybridized carbons (Fsp3) is 0.609. The van der Waals surface area contributed by atoms with Crippen LogP contribution in [0.2, 0.25) is 0 Å². The number of carboxylic acid groups (broad SMARTS) is 1. The van der Waals surface area contributed by atoms with Gasteiger partial charge >= 0.3 is 13.7 Å². The van der Waals surface area contributed by atoms with Crippen molar-refractivity contribution >= 4 is 31.1 Å². The second-order valence-electron chi connectivity index (χ2n) is 8.09. The van der Waals surface area contributed by atoms with Crippen molar-refractivity contribution in [1.82, 2.24) is 0 Å². The van der Waals surface area contributed by atoms with Crippen molar-refractivity contribution < 1.29 is 38.6 Å². The highest BCUT2D eigenvalue weighted by molar-refractivity contribution is 7.54. The van der Waals surface area contributed by atoms with E-state index in [4.69, 9.17) is 9.84 Å². The van der Waals surface area contributed by atoms with Gasteiger partial charge in [-0.25, -0.2) is 9.24 Å². The van der Waals surface area contributed by atoms with Crippen LogP contribution < -0.4 is 9.41 Å². The second kappa shape index (κ2) is 14.8. The number of hydrogen-bond acceptors (Lipinski definition) is 5. The van der Waals surface area contributed by atoms with Crippen molar-refractivity contribution in [2.24, 2.45) is 0 Å². The number of aryl methyl sites for hydroxylation is 1. The number of carbonyl (C=O) groups excluding carboxylic acids is 2. The Morgan fingerprint density at radius 1 is 0.939 bits per heavy atom. The Morgan fingerprint density at radius 2 is 1.55 bits per heavy atom. The van der Waals surface area contributed by atoms with E-state index in [2.05, 4.69) is 6.92 Å². The lowest BCUT2D eigenvalue weighted by Crippen LogP contribution is -2.29. The number of anilines is 1. The van der Waals surface area contributed by atoms with Crippen LogP contribution in [0.1, 0.15) is 83.1 Å². The summed E-state index contributed by atoms with van der Waals surface area (Å²) in [5.74, 6) is -2.33. The summed E-state index contributed by atoms with van der Waals surface area (Å²) in [6, 6.07) is 4.58. The molecule has 1 amide bonds. The van der Waals surface area contributed by atoms with Crippen LogP contribution in [0.15, 0.2) is 18.2 Å². The fourth-order valence-corrected chi connectivity index (χ4v) is 4.32. The standard InChI is InChI=1S/C23H36NO8P/c1-3-4-5-6-7-8-9-10-14-21(26)24(33(29,30)31)23-18(2)12-11-13-20(23)32-17-19(25)15-16-22(27)28/h11-13H,3-10,14-17H2,1-2H3,(H,27,28)(H2,29,30,31). The van der Waals surface area contributed by atoms with Gasteiger partial charge in [-0.05, 0) is 25.0 Å². The Kier molecular flexibility index (Phi) is 13.0. The van der Waals surface area contributed by atoms with E-state index in [1.165, 1.54) is 25.3 Å². The number of carboxylic acids is 1. The van der Waals surface area contributed by atoms with E-state index in [-0.39, 0.29) is 30.7 Å². The van der Waals surface area contributed by atoms with Crippen molar-refractivity contribution in [2.75, 3.05) is 11.3 Å². The molecule has 0 aromatic heterocycles. The van der Waals surface area contributed by atoms with E-state index in [0.717, 1.165) is 25.7 Å². The molecule has 1 aromatic rings. The number of para-hydroxylation sites is 1. The lowest BCUT2D eigenvalue weighted by molar-refractivity contribution is -0.138. The highest BCUT2D eigenvalue weighted by Crippen LogP contribution is 2.49. The Labute approximate surface area is 195 Å². The van der Waals surface area contributed by atoms with Gasteiger partial charge in [0.15, 0.2) is 5.78 Å². The minimum Gasteiger partial charge on any atom is -0.484 e. The maximum Gasteiger partial charge on any atom is 0.436 e. The third-order valence-corrected chi connectivity index (χ3v) is 6.10. The normalized spacial score (nSPS) is 11.3. The van der Waals surface area contributed by atoms with Gasteiger partial charge in [0, 0.05) is 12.8 Å². The average Bonchev–Trinajstić information content (AvgIpc) is 2.73. The van der Waals surface area contributed by atoms with Crippen molar-refractivity contribution in [3.63, 3.8) is 0 Å². The first kappa shape index (κ1) is 28.8. The topological polar surface area (TPSA) is 141 Å². The molecular weight excluding hydrogens is 449 g/mol. The third-order valence-electron chi connectivity index (χ3n) is 5.16. The van der Waals surface area contributed by atoms with Gasteiger partial charge < -0.3 is 19.6 Å². The maximum atomic E-state index is 12.8. The smallest absolute Gasteiger partial charge is 0.436 e. The predicted molar refractivity (Wildman–Crippen MR) is 125 cm³/mol. The number of carbonyl (C=O) groups is 3. The lowest BCUT2D eigenvalue weighted by Gasteiger charge is -2.27. The molecular formula is C23H36NO8P. The molecule has 0 aliphatic rings. The van der Waals surface area contributed by atoms with Crippen molar-refractivity contribution in [1.29, 1.82) is 0 Å². The summed E-state index contributed by atoms with van der Waals surface area (Å²) in [4.78, 5) is 55.2. The van der Waals surface area contributed by atoms with Gasteiger partial charge in [-0.3, -0.25) is 14.4 Å². The van der Waals surface area contributed by atoms with E-state index < -0.39 is 32.0 Å². The monoisotopic (exact) mass is 485 g/mol. The minimum atomic E-state index is -5.01. The van der Waals surface area contributed by atoms with Crippen LogP contribution in [0.4, 0.5) is 5.69 Å². The molecule has 3 N–H and O–H groups in total. The first-order chi connectivity index (χ1) is 15.6. The lowest BCUT2D eigenvalue weighted by atomic mass is 10.1. The summed E-state index contributed by atoms with van der Waals surface area (Å²) < 4.78 is 18.1. The molecule has 186 valence electrons. The number of ether oxygens (including phenoxy) is 1. The number of nitrogens with zero attached hydrogens (tertiary/aromatic N) is 1. The van der Waals surface area contributed by atoms with Crippen molar-refractivity contribution in [2.45, 2.75) is 84.5 Å². The van der Waals surface area contributed by atoms with Crippen LogP contribution in [0.5, 0.6) is 5.75 Å². The molecule has 0 heterocycles. The number of Topliss-reactive ketones (excluding diaryl/α,β-unsaturated/α-hetero) is 1. The molecule has 1 aromatic carbocycles. The maximum absolute atomic E-state index is 12.8. The van der Waals surface area contributed by atoms with Crippen molar-refractivity contribution in [3.05, 3.63) is 23.8 Å². The van der Waals surface area contributed by atoms with Gasteiger partial charge in [-0.15, -0.1) is 0 Å². The van der Waals surface area contributed by atoms with Crippen LogP contribution in [-0.4, -0.2) is 39.2 Å². The number of amides is 1. The molecule has 0 aliphatic heterocycles. The summed E-state index contributed by atoms with van der Waals surface area (Å²) in [6.07, 6.45) is 7.47. The SMILES string of the molecule is CCCCCCCCCCC(=O)N(c1c(C)cccc1OCC(=O)CCC(=O)O)P(=O)(O)O. The Bertz CT molecular complexity index is 836. The van der Waals surface area contributed by atoms with Crippen LogP contribution >= 0.6 is 7.75 Å². The zero-order valence-electron chi connectivity index (χ0n) is 19.5. The molecule has 9 nitrogen and oxygen atoms in total. The summed E-state index contributed by atoms with van der Waals surface area (Å²) in [5.41, 5.74) is 0.319. The predicted octanol–water partition coefficient (Wildman–Crippen LogP) is 4.76. The molecule has 10 heteroatoms. The molecule has 0 fully saturated rings. The minimum absolute atomic E-state index is 0.0220. The van der Waals surface area contributed by atoms with Gasteiger partial charge in [-0.2, -0.15) is 0 Å². The van der Waals surface area contributed by atoms with Gasteiger partial charge in [0.1, 0.15) is 12.4 Å². The number of rotatable bonds is 17. The van der Waals surface area contributed by atoms with Gasteiger partial charge in [0.2, 0.25) is 5.91 Å². The molecule has 0 spiro atoms. The van der Waals surface area contributed by atoms with E-state index in [9.17, 15) is 28.7 Å². The van der Waals surface area contributed by atoms with Gasteiger partial charge in [0.05, 0.1) is 12.1 Å². The Morgan fingerprint density at radius 3 is 2.12 bits per heavy atom. The highest BCUT2D eigenvalue weighted by atomic mass is 31.2. The van der Waals surface area contributed by atoms with E-state index in [0.29, 0.717) is 16.7 Å². The number of aliphatic carboxylic acids is 1. The number of unbranched alkanes of at least 4 members (excludes halogenated alkanes) is 7. The third kappa shape index (κ3) is 11.0. The first-order valence-electron chi connectivity index (χ1n) is 11.4. The largest absolute Gasteiger partial charge is 0.484 e. The Hall–Kier alpha value is -2.22. The number of ketones is 1. The van der Waals surface area contributed by atoms with E-state index in [1.54, 1.807) is 19.1 Å². The van der Waals surface area contributed by atoms with E-state index in [1.807, 2.05) is 0 Å². The fourth-order valence-electron chi connectivity index (χ4n) is 3.41. The summed E-state index contributed by atoms with van der Waals surface area (Å²) in [7, 11) is -5.01. The van der Waals surface area contributed by atoms with Crippen LogP contribution in [0.25, 0.3) is 0 Å². The highest BCUT2D eigenvalue weighted by Gasteiger charge is 2.35. The second-order valence-corrected chi connectivity index (χ2v) is 9.51. The molecule has 0 unspecified atom stereocenters. The summed E-state index contributed by atoms with van der Waals surface area (Å²) >= 11 is 0. The molecule has 0 bridgehead atoms. The first-order valence-corrected chi connectivity index (χ1v) is 13.0. The van der Waals surface area contributed by atoms with E-state index >= 15 is 0 Å². The van der Waals surface area contributed by atoms with Crippen molar-refractivity contribution in [3.8, 4) is 5.75 Å². The zero-order chi connectivity index (χ0) is 24.9. The average molecular weight is 486 g/mol. The van der Waals surface area contributed by atoms with Gasteiger partial charge in [-0.1, -0.05) is 64.0 Å². The summed E-state index contributed by atoms with van der Waals surface area (Å²) in [5, 5.41) is 8.68. The van der Waals surface area contributed by atoms with Crippen LogP contribution in [-0.2, 0) is 18.9 Å². The molecule has 33 heavy (non-hydrogen) atoms. The molecule has 0 radical (unpaired) electrons. The molecule has 1 rings (SSSR count). The van der Waals surface area contributed by atoms with Crippen LogP contribution in [0.3, 0.4) is 0 Å². The number of benzene rings is 1. The molecule has 0 saturated heterocycles. The van der Waals surface area contributed by atoms with Gasteiger partial charge in [0.25, 0.3) is 0 Å². The zero-order valence-corrected chi connectivity index (χ0v) is 20.4. The molecule has 0 atom stereocenters. The number of hydrogen-bond donors (Lipinski definition) is 3. The molecule has 0 saturated carbocycles. The quantitative estimate of drug-likeness (QED) is 0.212. The summed E-state index contributed by atoms with van der Waals surface area (Å²) in [6.45, 7) is 3.27. The Balaban J connectivity index is 2.84. The molecule has 0 aliphatic carbocycles.